The zero-order valence-corrected chi connectivity index (χ0v) is 10.9. The van der Waals surface area contributed by atoms with Gasteiger partial charge in [0.15, 0.2) is 0 Å². The smallest absolute Gasteiger partial charge is 0.319 e. The highest BCUT2D eigenvalue weighted by molar-refractivity contribution is 5.91. The maximum absolute atomic E-state index is 11.7. The summed E-state index contributed by atoms with van der Waals surface area (Å²) >= 11 is 0. The van der Waals surface area contributed by atoms with Crippen molar-refractivity contribution in [3.8, 4) is 5.75 Å². The van der Waals surface area contributed by atoms with E-state index in [1.165, 1.54) is 12.1 Å². The number of carbonyl (C=O) groups is 1. The summed E-state index contributed by atoms with van der Waals surface area (Å²) in [5.74, 6) is -0.572. The Morgan fingerprint density at radius 2 is 1.86 bits per heavy atom. The Morgan fingerprint density at radius 3 is 2.52 bits per heavy atom. The summed E-state index contributed by atoms with van der Waals surface area (Å²) in [4.78, 5) is 21.7. The van der Waals surface area contributed by atoms with Crippen LogP contribution in [0, 0.1) is 10.1 Å². The molecule has 0 spiro atoms. The van der Waals surface area contributed by atoms with Crippen LogP contribution in [0.25, 0.3) is 0 Å². The molecular weight excluding hydrogens is 274 g/mol. The molecule has 0 aliphatic rings. The van der Waals surface area contributed by atoms with Crippen LogP contribution < -0.4 is 10.6 Å². The molecule has 2 rings (SSSR count). The van der Waals surface area contributed by atoms with Crippen molar-refractivity contribution in [2.75, 3.05) is 5.32 Å². The van der Waals surface area contributed by atoms with Gasteiger partial charge in [0.2, 0.25) is 5.75 Å². The third kappa shape index (κ3) is 3.69. The van der Waals surface area contributed by atoms with Gasteiger partial charge in [-0.1, -0.05) is 36.4 Å². The van der Waals surface area contributed by atoms with Crippen LogP contribution in [0.15, 0.2) is 48.5 Å². The third-order valence-electron chi connectivity index (χ3n) is 2.76. The molecule has 2 aromatic carbocycles. The molecule has 0 radical (unpaired) electrons. The molecule has 21 heavy (non-hydrogen) atoms. The van der Waals surface area contributed by atoms with Gasteiger partial charge in [-0.15, -0.1) is 0 Å². The molecule has 3 N–H and O–H groups in total. The van der Waals surface area contributed by atoms with E-state index in [0.717, 1.165) is 11.6 Å². The molecule has 7 heteroatoms. The Labute approximate surface area is 120 Å². The van der Waals surface area contributed by atoms with Crippen molar-refractivity contribution in [2.24, 2.45) is 0 Å². The minimum Gasteiger partial charge on any atom is -0.501 e. The van der Waals surface area contributed by atoms with Crippen LogP contribution in [-0.2, 0) is 6.54 Å². The van der Waals surface area contributed by atoms with Crippen LogP contribution in [0.4, 0.5) is 16.2 Å². The molecule has 2 aromatic rings. The highest BCUT2D eigenvalue weighted by Crippen LogP contribution is 2.33. The normalized spacial score (nSPS) is 9.90. The average Bonchev–Trinajstić information content (AvgIpc) is 2.48. The summed E-state index contributed by atoms with van der Waals surface area (Å²) in [6, 6.07) is 12.6. The molecule has 0 saturated carbocycles. The number of nitrogens with one attached hydrogen (secondary N) is 2. The van der Waals surface area contributed by atoms with Crippen LogP contribution in [0.3, 0.4) is 0 Å². The van der Waals surface area contributed by atoms with Crippen molar-refractivity contribution >= 4 is 17.4 Å². The lowest BCUT2D eigenvalue weighted by Gasteiger charge is -2.09. The van der Waals surface area contributed by atoms with Crippen molar-refractivity contribution in [1.82, 2.24) is 5.32 Å². The predicted molar refractivity (Wildman–Crippen MR) is 77.1 cm³/mol. The van der Waals surface area contributed by atoms with Gasteiger partial charge in [0.25, 0.3) is 0 Å². The zero-order valence-electron chi connectivity index (χ0n) is 10.9. The molecule has 7 nitrogen and oxygen atoms in total. The number of phenolic OH excluding ortho intramolecular Hbond substituents is 1. The molecule has 108 valence electrons. The first kappa shape index (κ1) is 14.3. The van der Waals surface area contributed by atoms with Crippen molar-refractivity contribution in [3.63, 3.8) is 0 Å². The molecule has 0 aliphatic carbocycles. The van der Waals surface area contributed by atoms with E-state index < -0.39 is 22.4 Å². The molecule has 0 aromatic heterocycles. The second-order valence-corrected chi connectivity index (χ2v) is 4.22. The number of nitrogens with zero attached hydrogens (tertiary/aromatic N) is 1. The van der Waals surface area contributed by atoms with E-state index in [0.29, 0.717) is 6.54 Å². The fourth-order valence-electron chi connectivity index (χ4n) is 1.72. The number of aromatic hydroxyl groups is 1. The largest absolute Gasteiger partial charge is 0.501 e. The summed E-state index contributed by atoms with van der Waals surface area (Å²) in [6.07, 6.45) is 0. The fourth-order valence-corrected chi connectivity index (χ4v) is 1.72. The lowest BCUT2D eigenvalue weighted by Crippen LogP contribution is -2.28. The molecule has 0 saturated heterocycles. The van der Waals surface area contributed by atoms with Crippen molar-refractivity contribution in [2.45, 2.75) is 6.54 Å². The lowest BCUT2D eigenvalue weighted by atomic mass is 10.2. The molecular formula is C14H13N3O4. The van der Waals surface area contributed by atoms with E-state index in [-0.39, 0.29) is 5.69 Å². The number of carbonyl (C=O) groups excluding carboxylic acids is 1. The van der Waals surface area contributed by atoms with Gasteiger partial charge in [-0.25, -0.2) is 4.79 Å². The van der Waals surface area contributed by atoms with Crippen LogP contribution in [0.1, 0.15) is 5.56 Å². The number of nitro groups is 1. The maximum atomic E-state index is 11.7. The van der Waals surface area contributed by atoms with E-state index in [1.807, 2.05) is 30.3 Å². The SMILES string of the molecule is O=C(NCc1ccccc1)Nc1cccc([N+](=O)[O-])c1O. The van der Waals surface area contributed by atoms with Crippen LogP contribution >= 0.6 is 0 Å². The predicted octanol–water partition coefficient (Wildman–Crippen LogP) is 2.62. The molecule has 0 bridgehead atoms. The second kappa shape index (κ2) is 6.38. The Kier molecular flexibility index (Phi) is 4.35. The van der Waals surface area contributed by atoms with Gasteiger partial charge in [-0.2, -0.15) is 0 Å². The number of para-hydroxylation sites is 1. The molecule has 0 aliphatic heterocycles. The standard InChI is InChI=1S/C14H13N3O4/c18-13-11(7-4-8-12(13)17(20)21)16-14(19)15-9-10-5-2-1-3-6-10/h1-8,18H,9H2,(H2,15,16,19). The fraction of sp³-hybridized carbons (Fsp3) is 0.0714. The number of anilines is 1. The first-order valence-corrected chi connectivity index (χ1v) is 6.13. The van der Waals surface area contributed by atoms with Crippen molar-refractivity contribution < 1.29 is 14.8 Å². The summed E-state index contributed by atoms with van der Waals surface area (Å²) in [6.45, 7) is 0.308. The van der Waals surface area contributed by atoms with Crippen LogP contribution in [0.5, 0.6) is 5.75 Å². The monoisotopic (exact) mass is 287 g/mol. The number of rotatable bonds is 4. The van der Waals surface area contributed by atoms with Crippen LogP contribution in [-0.4, -0.2) is 16.1 Å². The van der Waals surface area contributed by atoms with E-state index in [2.05, 4.69) is 10.6 Å². The van der Waals surface area contributed by atoms with Gasteiger partial charge in [-0.3, -0.25) is 10.1 Å². The highest BCUT2D eigenvalue weighted by atomic mass is 16.6. The number of nitro benzene ring substituents is 1. The summed E-state index contributed by atoms with van der Waals surface area (Å²) < 4.78 is 0. The van der Waals surface area contributed by atoms with Gasteiger partial charge in [0, 0.05) is 12.6 Å². The number of phenols is 1. The number of amides is 2. The lowest BCUT2D eigenvalue weighted by molar-refractivity contribution is -0.385. The van der Waals surface area contributed by atoms with Gasteiger partial charge in [0.05, 0.1) is 10.6 Å². The summed E-state index contributed by atoms with van der Waals surface area (Å²) in [7, 11) is 0. The van der Waals surface area contributed by atoms with Crippen molar-refractivity contribution in [3.05, 3.63) is 64.2 Å². The maximum Gasteiger partial charge on any atom is 0.319 e. The number of benzene rings is 2. The molecule has 2 amide bonds. The van der Waals surface area contributed by atoms with Gasteiger partial charge >= 0.3 is 11.7 Å². The van der Waals surface area contributed by atoms with Gasteiger partial charge in [0.1, 0.15) is 0 Å². The molecule has 0 fully saturated rings. The van der Waals surface area contributed by atoms with Crippen LogP contribution in [0.2, 0.25) is 0 Å². The Hall–Kier alpha value is -3.09. The molecule has 0 unspecified atom stereocenters. The second-order valence-electron chi connectivity index (χ2n) is 4.22. The average molecular weight is 287 g/mol. The van der Waals surface area contributed by atoms with E-state index in [4.69, 9.17) is 0 Å². The molecule has 0 heterocycles. The first-order chi connectivity index (χ1) is 10.1. The number of urea groups is 1. The quantitative estimate of drug-likeness (QED) is 0.456. The van der Waals surface area contributed by atoms with Gasteiger partial charge in [-0.05, 0) is 11.6 Å². The highest BCUT2D eigenvalue weighted by Gasteiger charge is 2.17. The minimum atomic E-state index is -0.720. The number of hydrogen-bond acceptors (Lipinski definition) is 4. The number of hydrogen-bond donors (Lipinski definition) is 3. The van der Waals surface area contributed by atoms with Crippen molar-refractivity contribution in [1.29, 1.82) is 0 Å². The third-order valence-corrected chi connectivity index (χ3v) is 2.76. The topological polar surface area (TPSA) is 104 Å². The Balaban J connectivity index is 2.00. The zero-order chi connectivity index (χ0) is 15.2. The Morgan fingerprint density at radius 1 is 1.14 bits per heavy atom. The Bertz CT molecular complexity index is 659. The van der Waals surface area contributed by atoms with Gasteiger partial charge < -0.3 is 15.7 Å². The van der Waals surface area contributed by atoms with E-state index in [1.54, 1.807) is 0 Å². The van der Waals surface area contributed by atoms with E-state index in [9.17, 15) is 20.0 Å². The van der Waals surface area contributed by atoms with E-state index >= 15 is 0 Å². The first-order valence-electron chi connectivity index (χ1n) is 6.13. The minimum absolute atomic E-state index is 0.0187. The summed E-state index contributed by atoms with van der Waals surface area (Å²) in [5.41, 5.74) is 0.432. The molecule has 0 atom stereocenters. The summed E-state index contributed by atoms with van der Waals surface area (Å²) in [5, 5.41) is 25.4.